The van der Waals surface area contributed by atoms with E-state index < -0.39 is 5.79 Å². The maximum Gasteiger partial charge on any atom is 0.163 e. The van der Waals surface area contributed by atoms with Crippen molar-refractivity contribution < 1.29 is 14.6 Å². The molecule has 2 bridgehead atoms. The third-order valence-corrected chi connectivity index (χ3v) is 4.86. The van der Waals surface area contributed by atoms with E-state index in [1.807, 2.05) is 13.8 Å². The molecule has 4 aliphatic rings. The molecule has 1 N–H and O–H groups in total. The molecule has 88 valence electrons. The quantitative estimate of drug-likeness (QED) is 0.628. The molecule has 1 heterocycles. The van der Waals surface area contributed by atoms with Crippen molar-refractivity contribution in [3.8, 4) is 0 Å². The minimum atomic E-state index is -0.521. The summed E-state index contributed by atoms with van der Waals surface area (Å²) in [7, 11) is 0. The number of ether oxygens (including phenoxy) is 2. The second-order valence-electron chi connectivity index (χ2n) is 6.16. The van der Waals surface area contributed by atoms with E-state index in [0.29, 0.717) is 23.7 Å². The van der Waals surface area contributed by atoms with Gasteiger partial charge in [0.1, 0.15) is 6.10 Å². The SMILES string of the molecule is CC1(C)O[C@@H]2[C@@H](O)[C@@H]3[C@H]([C@@H]2O1)[C@@H]1C=C[C@H]3C1. The van der Waals surface area contributed by atoms with Gasteiger partial charge < -0.3 is 14.6 Å². The highest BCUT2D eigenvalue weighted by Crippen LogP contribution is 2.59. The Morgan fingerprint density at radius 3 is 2.44 bits per heavy atom. The van der Waals surface area contributed by atoms with E-state index >= 15 is 0 Å². The largest absolute Gasteiger partial charge is 0.390 e. The zero-order valence-corrected chi connectivity index (χ0v) is 9.67. The van der Waals surface area contributed by atoms with Crippen molar-refractivity contribution in [1.82, 2.24) is 0 Å². The predicted octanol–water partition coefficient (Wildman–Crippen LogP) is 1.32. The smallest absolute Gasteiger partial charge is 0.163 e. The summed E-state index contributed by atoms with van der Waals surface area (Å²) in [5.41, 5.74) is 0. The normalized spacial score (nSPS) is 60.3. The Labute approximate surface area is 95.4 Å². The Hall–Kier alpha value is -0.380. The van der Waals surface area contributed by atoms with Crippen LogP contribution in [0, 0.1) is 23.7 Å². The highest BCUT2D eigenvalue weighted by atomic mass is 16.8. The average molecular weight is 222 g/mol. The third-order valence-electron chi connectivity index (χ3n) is 4.86. The number of hydrogen-bond donors (Lipinski definition) is 1. The Kier molecular flexibility index (Phi) is 1.63. The molecule has 0 radical (unpaired) electrons. The van der Waals surface area contributed by atoms with Crippen LogP contribution >= 0.6 is 0 Å². The first-order valence-electron chi connectivity index (χ1n) is 6.29. The molecular formula is C13H18O3. The molecule has 3 heteroatoms. The van der Waals surface area contributed by atoms with Crippen molar-refractivity contribution in [2.75, 3.05) is 0 Å². The second kappa shape index (κ2) is 2.71. The summed E-state index contributed by atoms with van der Waals surface area (Å²) in [6, 6.07) is 0. The van der Waals surface area contributed by atoms with Gasteiger partial charge in [-0.1, -0.05) is 12.2 Å². The fraction of sp³-hybridized carbons (Fsp3) is 0.846. The maximum atomic E-state index is 10.4. The summed E-state index contributed by atoms with van der Waals surface area (Å²) >= 11 is 0. The van der Waals surface area contributed by atoms with Crippen LogP contribution in [-0.2, 0) is 9.47 Å². The number of allylic oxidation sites excluding steroid dienone is 2. The first-order chi connectivity index (χ1) is 7.57. The van der Waals surface area contributed by atoms with E-state index in [1.54, 1.807) is 0 Å². The number of aliphatic hydroxyl groups is 1. The summed E-state index contributed by atoms with van der Waals surface area (Å²) in [5.74, 6) is 1.51. The third kappa shape index (κ3) is 0.998. The lowest BCUT2D eigenvalue weighted by Gasteiger charge is -2.28. The topological polar surface area (TPSA) is 38.7 Å². The maximum absolute atomic E-state index is 10.4. The molecule has 3 aliphatic carbocycles. The number of rotatable bonds is 0. The molecule has 0 amide bonds. The van der Waals surface area contributed by atoms with Crippen LogP contribution < -0.4 is 0 Å². The minimum Gasteiger partial charge on any atom is -0.390 e. The van der Waals surface area contributed by atoms with Crippen LogP contribution in [0.1, 0.15) is 20.3 Å². The van der Waals surface area contributed by atoms with Crippen molar-refractivity contribution in [3.05, 3.63) is 12.2 Å². The molecular weight excluding hydrogens is 204 g/mol. The lowest BCUT2D eigenvalue weighted by Crippen LogP contribution is -2.34. The van der Waals surface area contributed by atoms with Crippen molar-refractivity contribution >= 4 is 0 Å². The van der Waals surface area contributed by atoms with Gasteiger partial charge >= 0.3 is 0 Å². The van der Waals surface area contributed by atoms with E-state index in [0.717, 1.165) is 0 Å². The lowest BCUT2D eigenvalue weighted by molar-refractivity contribution is -0.174. The fourth-order valence-electron chi connectivity index (χ4n) is 4.44. The van der Waals surface area contributed by atoms with E-state index in [-0.39, 0.29) is 18.3 Å². The second-order valence-corrected chi connectivity index (χ2v) is 6.16. The van der Waals surface area contributed by atoms with Gasteiger partial charge in [-0.3, -0.25) is 0 Å². The summed E-state index contributed by atoms with van der Waals surface area (Å²) in [5, 5.41) is 10.4. The fourth-order valence-corrected chi connectivity index (χ4v) is 4.44. The Morgan fingerprint density at radius 2 is 1.69 bits per heavy atom. The molecule has 1 aliphatic heterocycles. The highest BCUT2D eigenvalue weighted by Gasteiger charge is 2.64. The molecule has 0 aromatic rings. The molecule has 0 spiro atoms. The summed E-state index contributed by atoms with van der Waals surface area (Å²) in [6.45, 7) is 3.88. The molecule has 0 unspecified atom stereocenters. The minimum absolute atomic E-state index is 0.102. The van der Waals surface area contributed by atoms with Gasteiger partial charge in [-0.25, -0.2) is 0 Å². The molecule has 7 atom stereocenters. The van der Waals surface area contributed by atoms with E-state index in [4.69, 9.17) is 9.47 Å². The standard InChI is InChI=1S/C13H18O3/c1-13(2)15-11-9-7-4-3-6(5-7)8(9)10(14)12(11)16-13/h3-4,6-12,14H,5H2,1-2H3/t6-,7+,8-,9+,10-,11-,12+/m0/s1. The number of hydrogen-bond acceptors (Lipinski definition) is 3. The lowest BCUT2D eigenvalue weighted by atomic mass is 9.84. The number of fused-ring (bicyclic) bond motifs is 7. The zero-order valence-electron chi connectivity index (χ0n) is 9.67. The molecule has 0 aromatic heterocycles. The molecule has 3 nitrogen and oxygen atoms in total. The van der Waals surface area contributed by atoms with Gasteiger partial charge in [-0.2, -0.15) is 0 Å². The van der Waals surface area contributed by atoms with Gasteiger partial charge in [0, 0.05) is 5.92 Å². The summed E-state index contributed by atoms with van der Waals surface area (Å²) < 4.78 is 11.8. The Morgan fingerprint density at radius 1 is 1.06 bits per heavy atom. The summed E-state index contributed by atoms with van der Waals surface area (Å²) in [6.07, 6.45) is 5.47. The van der Waals surface area contributed by atoms with Crippen molar-refractivity contribution in [3.63, 3.8) is 0 Å². The number of aliphatic hydroxyl groups excluding tert-OH is 1. The Bertz CT molecular complexity index is 362. The van der Waals surface area contributed by atoms with Crippen LogP contribution in [-0.4, -0.2) is 29.2 Å². The van der Waals surface area contributed by atoms with Gasteiger partial charge in [0.15, 0.2) is 5.79 Å². The van der Waals surface area contributed by atoms with Crippen LogP contribution in [0.15, 0.2) is 12.2 Å². The van der Waals surface area contributed by atoms with Crippen LogP contribution in [0.4, 0.5) is 0 Å². The van der Waals surface area contributed by atoms with Gasteiger partial charge in [0.2, 0.25) is 0 Å². The molecule has 2 saturated carbocycles. The summed E-state index contributed by atoms with van der Waals surface area (Å²) in [4.78, 5) is 0. The first kappa shape index (κ1) is 9.63. The highest BCUT2D eigenvalue weighted by molar-refractivity contribution is 5.22. The predicted molar refractivity (Wildman–Crippen MR) is 57.5 cm³/mol. The molecule has 3 fully saturated rings. The van der Waals surface area contributed by atoms with Crippen LogP contribution in [0.3, 0.4) is 0 Å². The molecule has 1 saturated heterocycles. The Balaban J connectivity index is 1.71. The van der Waals surface area contributed by atoms with Crippen LogP contribution in [0.25, 0.3) is 0 Å². The van der Waals surface area contributed by atoms with Crippen LogP contribution in [0.5, 0.6) is 0 Å². The van der Waals surface area contributed by atoms with Gasteiger partial charge in [0.25, 0.3) is 0 Å². The van der Waals surface area contributed by atoms with Crippen molar-refractivity contribution in [1.29, 1.82) is 0 Å². The van der Waals surface area contributed by atoms with Crippen molar-refractivity contribution in [2.24, 2.45) is 23.7 Å². The molecule has 4 rings (SSSR count). The zero-order chi connectivity index (χ0) is 11.1. The first-order valence-corrected chi connectivity index (χ1v) is 6.29. The van der Waals surface area contributed by atoms with Gasteiger partial charge in [-0.05, 0) is 38.0 Å². The van der Waals surface area contributed by atoms with E-state index in [9.17, 15) is 5.11 Å². The molecule has 0 aromatic carbocycles. The van der Waals surface area contributed by atoms with E-state index in [1.165, 1.54) is 6.42 Å². The van der Waals surface area contributed by atoms with Crippen LogP contribution in [0.2, 0.25) is 0 Å². The van der Waals surface area contributed by atoms with E-state index in [2.05, 4.69) is 12.2 Å². The molecule has 16 heavy (non-hydrogen) atoms. The van der Waals surface area contributed by atoms with Gasteiger partial charge in [0.05, 0.1) is 12.2 Å². The van der Waals surface area contributed by atoms with Gasteiger partial charge in [-0.15, -0.1) is 0 Å². The average Bonchev–Trinajstić information content (AvgIpc) is 2.89. The monoisotopic (exact) mass is 222 g/mol. The van der Waals surface area contributed by atoms with Crippen molar-refractivity contribution in [2.45, 2.75) is 44.4 Å².